The number of urea groups is 1. The van der Waals surface area contributed by atoms with Crippen molar-refractivity contribution in [3.05, 3.63) is 59.3 Å². The minimum atomic E-state index is -4.40. The summed E-state index contributed by atoms with van der Waals surface area (Å²) in [4.78, 5) is 29.0. The topological polar surface area (TPSA) is 100 Å². The van der Waals surface area contributed by atoms with Gasteiger partial charge in [-0.05, 0) is 42.7 Å². The molecule has 1 aromatic carbocycles. The Balaban J connectivity index is 1.49. The molecule has 0 bridgehead atoms. The Hall–Kier alpha value is -3.30. The molecule has 0 atom stereocenters. The van der Waals surface area contributed by atoms with Gasteiger partial charge in [0.25, 0.3) is 5.91 Å². The predicted octanol–water partition coefficient (Wildman–Crippen LogP) is 2.67. The van der Waals surface area contributed by atoms with Gasteiger partial charge in [-0.2, -0.15) is 13.2 Å². The van der Waals surface area contributed by atoms with E-state index in [0.29, 0.717) is 37.3 Å². The van der Waals surface area contributed by atoms with E-state index in [1.54, 1.807) is 24.3 Å². The van der Waals surface area contributed by atoms with E-state index >= 15 is 0 Å². The first-order valence-electron chi connectivity index (χ1n) is 9.43. The molecule has 0 radical (unpaired) electrons. The summed E-state index contributed by atoms with van der Waals surface area (Å²) in [5.41, 5.74) is 5.58. The first kappa shape index (κ1) is 21.4. The number of benzene rings is 1. The van der Waals surface area contributed by atoms with E-state index in [0.717, 1.165) is 17.8 Å². The zero-order chi connectivity index (χ0) is 21.7. The fraction of sp³-hybridized carbons (Fsp3) is 0.350. The number of pyridine rings is 1. The molecule has 3 amide bonds. The Morgan fingerprint density at radius 1 is 1.10 bits per heavy atom. The van der Waals surface area contributed by atoms with Crippen molar-refractivity contribution in [3.63, 3.8) is 0 Å². The predicted molar refractivity (Wildman–Crippen MR) is 105 cm³/mol. The number of hydrogen-bond donors (Lipinski definition) is 3. The molecule has 160 valence electrons. The summed E-state index contributed by atoms with van der Waals surface area (Å²) in [5.74, 6) is 0.295. The Morgan fingerprint density at radius 3 is 2.30 bits per heavy atom. The maximum atomic E-state index is 12.7. The van der Waals surface area contributed by atoms with Crippen LogP contribution >= 0.6 is 0 Å². The lowest BCUT2D eigenvalue weighted by Gasteiger charge is -2.33. The Bertz CT molecular complexity index is 877. The molecule has 1 aliphatic rings. The largest absolute Gasteiger partial charge is 0.417 e. The van der Waals surface area contributed by atoms with E-state index in [-0.39, 0.29) is 18.5 Å². The van der Waals surface area contributed by atoms with Crippen LogP contribution < -0.4 is 21.3 Å². The van der Waals surface area contributed by atoms with Gasteiger partial charge in [0.15, 0.2) is 0 Å². The van der Waals surface area contributed by atoms with Crippen LogP contribution in [0.3, 0.4) is 0 Å². The van der Waals surface area contributed by atoms with Gasteiger partial charge in [-0.15, -0.1) is 0 Å². The van der Waals surface area contributed by atoms with Gasteiger partial charge in [-0.3, -0.25) is 4.79 Å². The molecule has 0 spiro atoms. The highest BCUT2D eigenvalue weighted by Gasteiger charge is 2.31. The summed E-state index contributed by atoms with van der Waals surface area (Å²) in [7, 11) is 0. The minimum absolute atomic E-state index is 0.0283. The van der Waals surface area contributed by atoms with E-state index in [9.17, 15) is 22.8 Å². The molecule has 0 saturated carbocycles. The second-order valence-electron chi connectivity index (χ2n) is 7.05. The molecule has 4 N–H and O–H groups in total. The summed E-state index contributed by atoms with van der Waals surface area (Å²) in [6.07, 6.45) is -2.24. The third-order valence-corrected chi connectivity index (χ3v) is 4.91. The van der Waals surface area contributed by atoms with E-state index in [2.05, 4.69) is 15.6 Å². The number of carbonyl (C=O) groups excluding carboxylic acids is 2. The van der Waals surface area contributed by atoms with Crippen molar-refractivity contribution in [2.24, 2.45) is 5.73 Å². The summed E-state index contributed by atoms with van der Waals surface area (Å²) >= 11 is 0. The fourth-order valence-electron chi connectivity index (χ4n) is 3.23. The van der Waals surface area contributed by atoms with Crippen molar-refractivity contribution in [3.8, 4) is 0 Å². The van der Waals surface area contributed by atoms with Crippen LogP contribution in [-0.2, 0) is 12.7 Å². The van der Waals surface area contributed by atoms with Crippen LogP contribution in [0.1, 0.15) is 34.3 Å². The Labute approximate surface area is 171 Å². The summed E-state index contributed by atoms with van der Waals surface area (Å²) in [6, 6.07) is 8.58. The molecular formula is C20H22F3N5O2. The second kappa shape index (κ2) is 9.02. The third-order valence-electron chi connectivity index (χ3n) is 4.91. The number of primary amides is 1. The number of halogens is 3. The van der Waals surface area contributed by atoms with Crippen molar-refractivity contribution >= 4 is 17.8 Å². The summed E-state index contributed by atoms with van der Waals surface area (Å²) in [5, 5.41) is 5.46. The van der Waals surface area contributed by atoms with Crippen LogP contribution in [0.15, 0.2) is 42.6 Å². The first-order chi connectivity index (χ1) is 14.2. The molecule has 1 fully saturated rings. The van der Waals surface area contributed by atoms with Gasteiger partial charge in [0.1, 0.15) is 5.82 Å². The molecular weight excluding hydrogens is 399 g/mol. The number of rotatable bonds is 5. The highest BCUT2D eigenvalue weighted by molar-refractivity contribution is 5.94. The Morgan fingerprint density at radius 2 is 1.77 bits per heavy atom. The first-order valence-corrected chi connectivity index (χ1v) is 9.43. The van der Waals surface area contributed by atoms with Crippen molar-refractivity contribution in [1.82, 2.24) is 15.6 Å². The normalized spacial score (nSPS) is 15.0. The molecule has 2 aromatic rings. The van der Waals surface area contributed by atoms with Crippen LogP contribution in [0.5, 0.6) is 0 Å². The fourth-order valence-corrected chi connectivity index (χ4v) is 3.23. The Kier molecular flexibility index (Phi) is 6.43. The standard InChI is InChI=1S/C20H22F3N5O2/c21-20(22,23)15-5-6-17(25-12-15)28-9-7-16(8-10-28)27-18(29)14-3-1-13(2-4-14)11-26-19(24)30/h1-6,12,16H,7-11H2,(H,27,29)(H3,24,26,30). The number of carbonyl (C=O) groups is 2. The van der Waals surface area contributed by atoms with E-state index in [4.69, 9.17) is 5.73 Å². The molecule has 7 nitrogen and oxygen atoms in total. The van der Waals surface area contributed by atoms with Crippen molar-refractivity contribution in [2.75, 3.05) is 18.0 Å². The van der Waals surface area contributed by atoms with E-state index < -0.39 is 17.8 Å². The lowest BCUT2D eigenvalue weighted by atomic mass is 10.0. The number of nitrogens with zero attached hydrogens (tertiary/aromatic N) is 2. The number of hydrogen-bond acceptors (Lipinski definition) is 4. The lowest BCUT2D eigenvalue weighted by molar-refractivity contribution is -0.137. The smallest absolute Gasteiger partial charge is 0.356 e. The number of aromatic nitrogens is 1. The van der Waals surface area contributed by atoms with Gasteiger partial charge < -0.3 is 21.3 Å². The van der Waals surface area contributed by atoms with Crippen molar-refractivity contribution in [2.45, 2.75) is 31.6 Å². The summed E-state index contributed by atoms with van der Waals surface area (Å²) < 4.78 is 38.0. The zero-order valence-electron chi connectivity index (χ0n) is 16.1. The highest BCUT2D eigenvalue weighted by atomic mass is 19.4. The third kappa shape index (κ3) is 5.62. The number of alkyl halides is 3. The molecule has 0 unspecified atom stereocenters. The van der Waals surface area contributed by atoms with Gasteiger partial charge in [-0.1, -0.05) is 12.1 Å². The molecule has 2 heterocycles. The van der Waals surface area contributed by atoms with Crippen LogP contribution in [-0.4, -0.2) is 36.1 Å². The molecule has 0 aliphatic carbocycles. The second-order valence-corrected chi connectivity index (χ2v) is 7.05. The SMILES string of the molecule is NC(=O)NCc1ccc(C(=O)NC2CCN(c3ccc(C(F)(F)F)cn3)CC2)cc1. The van der Waals surface area contributed by atoms with Gasteiger partial charge in [-0.25, -0.2) is 9.78 Å². The van der Waals surface area contributed by atoms with Crippen LogP contribution in [0.4, 0.5) is 23.8 Å². The average molecular weight is 421 g/mol. The van der Waals surface area contributed by atoms with Gasteiger partial charge in [0.2, 0.25) is 0 Å². The quantitative estimate of drug-likeness (QED) is 0.691. The molecule has 1 aliphatic heterocycles. The van der Waals surface area contributed by atoms with Gasteiger partial charge in [0, 0.05) is 37.4 Å². The van der Waals surface area contributed by atoms with Crippen LogP contribution in [0, 0.1) is 0 Å². The van der Waals surface area contributed by atoms with Gasteiger partial charge >= 0.3 is 12.2 Å². The van der Waals surface area contributed by atoms with E-state index in [1.807, 2.05) is 4.90 Å². The number of piperidine rings is 1. The average Bonchev–Trinajstić information content (AvgIpc) is 2.72. The maximum absolute atomic E-state index is 12.7. The summed E-state index contributed by atoms with van der Waals surface area (Å²) in [6.45, 7) is 1.45. The maximum Gasteiger partial charge on any atom is 0.417 e. The molecule has 10 heteroatoms. The van der Waals surface area contributed by atoms with E-state index in [1.165, 1.54) is 6.07 Å². The van der Waals surface area contributed by atoms with Crippen LogP contribution in [0.2, 0.25) is 0 Å². The molecule has 1 aromatic heterocycles. The molecule has 30 heavy (non-hydrogen) atoms. The number of nitrogens with two attached hydrogens (primary N) is 1. The number of nitrogens with one attached hydrogen (secondary N) is 2. The monoisotopic (exact) mass is 421 g/mol. The number of amides is 3. The molecule has 3 rings (SSSR count). The lowest BCUT2D eigenvalue weighted by Crippen LogP contribution is -2.45. The number of anilines is 1. The van der Waals surface area contributed by atoms with Crippen molar-refractivity contribution < 1.29 is 22.8 Å². The minimum Gasteiger partial charge on any atom is -0.356 e. The van der Waals surface area contributed by atoms with Crippen molar-refractivity contribution in [1.29, 1.82) is 0 Å². The molecule has 1 saturated heterocycles. The van der Waals surface area contributed by atoms with Gasteiger partial charge in [0.05, 0.1) is 5.56 Å². The van der Waals surface area contributed by atoms with Crippen LogP contribution in [0.25, 0.3) is 0 Å². The highest BCUT2D eigenvalue weighted by Crippen LogP contribution is 2.29. The zero-order valence-corrected chi connectivity index (χ0v) is 16.1.